The molecular formula is C52H48N2S3. The first kappa shape index (κ1) is 36.6. The summed E-state index contributed by atoms with van der Waals surface area (Å²) in [6.07, 6.45) is 9.39. The number of hydrogen-bond acceptors (Lipinski definition) is 5. The molecule has 5 aromatic carbocycles. The van der Waals surface area contributed by atoms with Crippen LogP contribution in [0.25, 0.3) is 75.0 Å². The normalized spacial score (nSPS) is 14.5. The van der Waals surface area contributed by atoms with Gasteiger partial charge >= 0.3 is 0 Å². The Balaban J connectivity index is 0.978. The van der Waals surface area contributed by atoms with Crippen LogP contribution in [-0.4, -0.2) is 8.75 Å². The fourth-order valence-electron chi connectivity index (χ4n) is 10.8. The standard InChI is InChI=1S/C52H48N2S3/c1-5-27-51(28-6-2)41-15-11-9-13-35(41)37-19-17-33(31-43(37)51)45-23-25-47(55-45)39-21-22-40(50-49(39)53-57-54-50)48-26-24-46(56-48)34-18-20-38-36-14-10-12-16-42(36)52(29-7-3,30-8-4)44(38)32-34/h9-26,31-32H,5-8,27-30H2,1-4H3. The van der Waals surface area contributed by atoms with Gasteiger partial charge in [-0.25, -0.2) is 0 Å². The van der Waals surface area contributed by atoms with Crippen LogP contribution in [0.15, 0.2) is 121 Å². The molecule has 0 radical (unpaired) electrons. The Labute approximate surface area is 349 Å². The molecule has 2 aliphatic rings. The van der Waals surface area contributed by atoms with E-state index in [1.807, 2.05) is 22.7 Å². The molecule has 2 nitrogen and oxygen atoms in total. The Kier molecular flexibility index (Phi) is 9.39. The van der Waals surface area contributed by atoms with Gasteiger partial charge in [0.2, 0.25) is 0 Å². The quantitative estimate of drug-likeness (QED) is 0.123. The van der Waals surface area contributed by atoms with Gasteiger partial charge < -0.3 is 0 Å². The molecule has 3 heterocycles. The molecule has 3 aromatic heterocycles. The van der Waals surface area contributed by atoms with Crippen LogP contribution in [0.4, 0.5) is 0 Å². The molecule has 57 heavy (non-hydrogen) atoms. The van der Waals surface area contributed by atoms with Crippen LogP contribution in [0, 0.1) is 0 Å². The lowest BCUT2D eigenvalue weighted by atomic mass is 9.71. The highest BCUT2D eigenvalue weighted by Crippen LogP contribution is 2.56. The Morgan fingerprint density at radius 1 is 0.386 bits per heavy atom. The van der Waals surface area contributed by atoms with Crippen molar-refractivity contribution >= 4 is 45.4 Å². The van der Waals surface area contributed by atoms with E-state index in [-0.39, 0.29) is 10.8 Å². The topological polar surface area (TPSA) is 25.8 Å². The second kappa shape index (κ2) is 14.6. The van der Waals surface area contributed by atoms with E-state index in [0.717, 1.165) is 22.2 Å². The SMILES string of the molecule is CCCC1(CCC)c2ccccc2-c2ccc(-c3ccc(-c4ccc(-c5ccc(-c6ccc7c(c6)C(CCC)(CCC)c6ccccc6-7)s5)c5nsnc45)s3)cc21. The Morgan fingerprint density at radius 3 is 1.18 bits per heavy atom. The third-order valence-electron chi connectivity index (χ3n) is 13.0. The zero-order valence-electron chi connectivity index (χ0n) is 33.3. The average molecular weight is 797 g/mol. The van der Waals surface area contributed by atoms with Gasteiger partial charge in [-0.2, -0.15) is 8.75 Å². The lowest BCUT2D eigenvalue weighted by Crippen LogP contribution is -2.25. The van der Waals surface area contributed by atoms with Gasteiger partial charge in [0.1, 0.15) is 11.0 Å². The van der Waals surface area contributed by atoms with Crippen molar-refractivity contribution in [3.8, 4) is 64.0 Å². The fraction of sp³-hybridized carbons (Fsp3) is 0.269. The first-order valence-electron chi connectivity index (χ1n) is 21.0. The van der Waals surface area contributed by atoms with Crippen LogP contribution in [0.5, 0.6) is 0 Å². The first-order chi connectivity index (χ1) is 28.0. The lowest BCUT2D eigenvalue weighted by molar-refractivity contribution is 0.436. The van der Waals surface area contributed by atoms with Crippen molar-refractivity contribution < 1.29 is 0 Å². The van der Waals surface area contributed by atoms with Crippen LogP contribution >= 0.6 is 34.4 Å². The summed E-state index contributed by atoms with van der Waals surface area (Å²) in [6.45, 7) is 9.34. The summed E-state index contributed by atoms with van der Waals surface area (Å²) >= 11 is 5.05. The minimum atomic E-state index is 0.0858. The van der Waals surface area contributed by atoms with E-state index in [1.165, 1.54) is 138 Å². The van der Waals surface area contributed by atoms with E-state index in [2.05, 4.69) is 149 Å². The summed E-state index contributed by atoms with van der Waals surface area (Å²) in [6, 6.07) is 46.5. The first-order valence-corrected chi connectivity index (χ1v) is 23.3. The number of thiophene rings is 2. The Morgan fingerprint density at radius 2 is 0.754 bits per heavy atom. The summed E-state index contributed by atoms with van der Waals surface area (Å²) in [4.78, 5) is 5.07. The van der Waals surface area contributed by atoms with Gasteiger partial charge in [0, 0.05) is 41.5 Å². The maximum atomic E-state index is 4.91. The molecule has 10 rings (SSSR count). The lowest BCUT2D eigenvalue weighted by Gasteiger charge is -2.32. The molecule has 0 N–H and O–H groups in total. The third-order valence-corrected chi connectivity index (χ3v) is 15.8. The molecule has 5 heteroatoms. The van der Waals surface area contributed by atoms with Crippen molar-refractivity contribution in [1.82, 2.24) is 8.75 Å². The molecule has 0 spiro atoms. The molecule has 0 amide bonds. The largest absolute Gasteiger partial charge is 0.172 e. The molecule has 0 saturated heterocycles. The van der Waals surface area contributed by atoms with Crippen molar-refractivity contribution in [3.05, 3.63) is 144 Å². The predicted molar refractivity (Wildman–Crippen MR) is 247 cm³/mol. The van der Waals surface area contributed by atoms with Crippen LogP contribution in [0.1, 0.15) is 101 Å². The summed E-state index contributed by atoms with van der Waals surface area (Å²) in [7, 11) is 0. The maximum Gasteiger partial charge on any atom is 0.114 e. The molecule has 2 aliphatic carbocycles. The van der Waals surface area contributed by atoms with Crippen LogP contribution in [0.3, 0.4) is 0 Å². The van der Waals surface area contributed by atoms with Gasteiger partial charge in [0.15, 0.2) is 0 Å². The maximum absolute atomic E-state index is 4.91. The zero-order chi connectivity index (χ0) is 38.7. The minimum absolute atomic E-state index is 0.0858. The van der Waals surface area contributed by atoms with Crippen molar-refractivity contribution in [2.24, 2.45) is 0 Å². The van der Waals surface area contributed by atoms with E-state index in [4.69, 9.17) is 8.75 Å². The number of benzene rings is 5. The number of nitrogens with zero attached hydrogens (tertiary/aromatic N) is 2. The number of rotatable bonds is 12. The van der Waals surface area contributed by atoms with E-state index in [0.29, 0.717) is 0 Å². The van der Waals surface area contributed by atoms with Crippen LogP contribution in [0.2, 0.25) is 0 Å². The monoisotopic (exact) mass is 796 g/mol. The molecule has 0 bridgehead atoms. The second-order valence-electron chi connectivity index (χ2n) is 16.2. The Bertz CT molecular complexity index is 2580. The highest BCUT2D eigenvalue weighted by atomic mass is 32.1. The van der Waals surface area contributed by atoms with Gasteiger partial charge in [-0.05, 0) is 118 Å². The minimum Gasteiger partial charge on any atom is -0.172 e. The van der Waals surface area contributed by atoms with Gasteiger partial charge in [0.05, 0.1) is 11.7 Å². The fourth-order valence-corrected chi connectivity index (χ4v) is 13.4. The van der Waals surface area contributed by atoms with E-state index in [9.17, 15) is 0 Å². The second-order valence-corrected chi connectivity index (χ2v) is 18.9. The Hall–Kier alpha value is -4.68. The molecule has 0 saturated carbocycles. The number of aromatic nitrogens is 2. The molecule has 0 atom stereocenters. The highest BCUT2D eigenvalue weighted by molar-refractivity contribution is 7.19. The predicted octanol–water partition coefficient (Wildman–Crippen LogP) is 16.2. The number of hydrogen-bond donors (Lipinski definition) is 0. The van der Waals surface area contributed by atoms with Crippen LogP contribution < -0.4 is 0 Å². The summed E-state index contributed by atoms with van der Waals surface area (Å²) in [5, 5.41) is 0. The summed E-state index contributed by atoms with van der Waals surface area (Å²) in [5.41, 5.74) is 18.8. The van der Waals surface area contributed by atoms with Crippen molar-refractivity contribution in [2.45, 2.75) is 89.9 Å². The summed E-state index contributed by atoms with van der Waals surface area (Å²) in [5.74, 6) is 0. The third kappa shape index (κ3) is 5.67. The van der Waals surface area contributed by atoms with E-state index >= 15 is 0 Å². The summed E-state index contributed by atoms with van der Waals surface area (Å²) < 4.78 is 9.82. The molecule has 0 fully saturated rings. The van der Waals surface area contributed by atoms with E-state index < -0.39 is 0 Å². The van der Waals surface area contributed by atoms with E-state index in [1.54, 1.807) is 0 Å². The molecule has 0 aliphatic heterocycles. The van der Waals surface area contributed by atoms with Crippen LogP contribution in [-0.2, 0) is 10.8 Å². The molecule has 0 unspecified atom stereocenters. The smallest absolute Gasteiger partial charge is 0.114 e. The van der Waals surface area contributed by atoms with Crippen molar-refractivity contribution in [3.63, 3.8) is 0 Å². The average Bonchev–Trinajstić information content (AvgIpc) is 4.09. The van der Waals surface area contributed by atoms with Gasteiger partial charge in [0.25, 0.3) is 0 Å². The van der Waals surface area contributed by atoms with Gasteiger partial charge in [-0.15, -0.1) is 22.7 Å². The van der Waals surface area contributed by atoms with Crippen molar-refractivity contribution in [2.75, 3.05) is 0 Å². The molecule has 284 valence electrons. The molecule has 8 aromatic rings. The van der Waals surface area contributed by atoms with Gasteiger partial charge in [-0.3, -0.25) is 0 Å². The highest BCUT2D eigenvalue weighted by Gasteiger charge is 2.43. The zero-order valence-corrected chi connectivity index (χ0v) is 35.8. The van der Waals surface area contributed by atoms with Crippen molar-refractivity contribution in [1.29, 1.82) is 0 Å². The number of fused-ring (bicyclic) bond motifs is 7. The van der Waals surface area contributed by atoms with Gasteiger partial charge in [-0.1, -0.05) is 138 Å². The molecular weight excluding hydrogens is 749 g/mol.